The van der Waals surface area contributed by atoms with E-state index in [1.165, 1.54) is 19.5 Å². The monoisotopic (exact) mass is 482 g/mol. The van der Waals surface area contributed by atoms with Crippen molar-refractivity contribution in [1.29, 1.82) is 0 Å². The molecule has 0 radical (unpaired) electrons. The Bertz CT molecular complexity index is 1450. The van der Waals surface area contributed by atoms with Crippen molar-refractivity contribution in [3.63, 3.8) is 0 Å². The lowest BCUT2D eigenvalue weighted by Gasteiger charge is -2.15. The van der Waals surface area contributed by atoms with Crippen molar-refractivity contribution in [2.75, 3.05) is 18.2 Å². The van der Waals surface area contributed by atoms with Crippen LogP contribution in [0.25, 0.3) is 16.7 Å². The molecule has 0 bridgehead atoms. The maximum atomic E-state index is 12.9. The molecule has 0 saturated heterocycles. The molecule has 0 saturated carbocycles. The van der Waals surface area contributed by atoms with Crippen LogP contribution in [0.3, 0.4) is 0 Å². The van der Waals surface area contributed by atoms with Gasteiger partial charge in [-0.2, -0.15) is 13.2 Å². The summed E-state index contributed by atoms with van der Waals surface area (Å²) >= 11 is 0. The molecule has 3 aromatic heterocycles. The maximum Gasteiger partial charge on any atom is 0.433 e. The molecular weight excluding hydrogens is 461 g/mol. The number of carbonyl (C=O) groups excluding carboxylic acids is 1. The predicted molar refractivity (Wildman–Crippen MR) is 123 cm³/mol. The molecule has 0 atom stereocenters. The highest BCUT2D eigenvalue weighted by atomic mass is 19.4. The van der Waals surface area contributed by atoms with Crippen LogP contribution in [-0.2, 0) is 30.2 Å². The Kier molecular flexibility index (Phi) is 5.54. The molecular formula is C24H21F3N6O2. The molecule has 1 aromatic carbocycles. The lowest BCUT2D eigenvalue weighted by Crippen LogP contribution is -2.16. The van der Waals surface area contributed by atoms with Gasteiger partial charge >= 0.3 is 6.18 Å². The van der Waals surface area contributed by atoms with E-state index < -0.39 is 17.8 Å². The van der Waals surface area contributed by atoms with Crippen LogP contribution in [0.15, 0.2) is 42.9 Å². The van der Waals surface area contributed by atoms with E-state index in [1.54, 1.807) is 12.1 Å². The Morgan fingerprint density at radius 2 is 2.00 bits per heavy atom. The van der Waals surface area contributed by atoms with Crippen molar-refractivity contribution in [2.45, 2.75) is 31.9 Å². The van der Waals surface area contributed by atoms with E-state index in [-0.39, 0.29) is 12.1 Å². The first-order chi connectivity index (χ1) is 16.8. The highest BCUT2D eigenvalue weighted by molar-refractivity contribution is 5.93. The number of aromatic nitrogens is 4. The smallest absolute Gasteiger partial charge is 0.433 e. The molecule has 1 aliphatic rings. The zero-order chi connectivity index (χ0) is 24.7. The number of pyridine rings is 1. The zero-order valence-corrected chi connectivity index (χ0v) is 18.7. The SMILES string of the molecule is COc1cc(-n2c3c(c4ncnc(N)c42)CCC3)ccc1CC(=O)Nc1ccnc(C(F)(F)F)c1. The minimum absolute atomic E-state index is 0.0118. The van der Waals surface area contributed by atoms with Gasteiger partial charge in [-0.25, -0.2) is 9.97 Å². The van der Waals surface area contributed by atoms with Crippen molar-refractivity contribution in [3.8, 4) is 11.4 Å². The number of hydrogen-bond acceptors (Lipinski definition) is 6. The number of rotatable bonds is 5. The molecule has 0 spiro atoms. The molecule has 35 heavy (non-hydrogen) atoms. The fraction of sp³-hybridized carbons (Fsp3) is 0.250. The fourth-order valence-electron chi connectivity index (χ4n) is 4.54. The van der Waals surface area contributed by atoms with Crippen LogP contribution in [0.4, 0.5) is 24.7 Å². The van der Waals surface area contributed by atoms with E-state index in [9.17, 15) is 18.0 Å². The standard InChI is InChI=1S/C24H21F3N6O2/c1-35-18-11-15(33-17-4-2-3-16(17)21-22(33)23(28)31-12-30-21)6-5-13(18)9-20(34)32-14-7-8-29-19(10-14)24(25,26)27/h5-8,10-12H,2-4,9H2,1H3,(H2,28,30,31)(H,29,32,34). The summed E-state index contributed by atoms with van der Waals surface area (Å²) in [5.41, 5.74) is 10.4. The third kappa shape index (κ3) is 4.13. The number of fused-ring (bicyclic) bond motifs is 3. The van der Waals surface area contributed by atoms with Crippen molar-refractivity contribution in [2.24, 2.45) is 0 Å². The molecule has 0 fully saturated rings. The number of alkyl halides is 3. The minimum atomic E-state index is -4.60. The molecule has 3 N–H and O–H groups in total. The first-order valence-electron chi connectivity index (χ1n) is 10.9. The third-order valence-electron chi connectivity index (χ3n) is 6.03. The second-order valence-electron chi connectivity index (χ2n) is 8.22. The third-order valence-corrected chi connectivity index (χ3v) is 6.03. The highest BCUT2D eigenvalue weighted by Crippen LogP contribution is 2.37. The number of benzene rings is 1. The van der Waals surface area contributed by atoms with Crippen LogP contribution >= 0.6 is 0 Å². The second kappa shape index (κ2) is 8.57. The van der Waals surface area contributed by atoms with E-state index in [0.29, 0.717) is 17.1 Å². The highest BCUT2D eigenvalue weighted by Gasteiger charge is 2.32. The Morgan fingerprint density at radius 1 is 1.17 bits per heavy atom. The molecule has 8 nitrogen and oxygen atoms in total. The van der Waals surface area contributed by atoms with Gasteiger partial charge in [0, 0.05) is 34.9 Å². The molecule has 4 aromatic rings. The lowest BCUT2D eigenvalue weighted by atomic mass is 10.1. The summed E-state index contributed by atoms with van der Waals surface area (Å²) in [6.45, 7) is 0. The summed E-state index contributed by atoms with van der Waals surface area (Å²) in [6, 6.07) is 7.51. The Morgan fingerprint density at radius 3 is 2.77 bits per heavy atom. The first-order valence-corrected chi connectivity index (χ1v) is 10.9. The molecule has 5 rings (SSSR count). The van der Waals surface area contributed by atoms with Crippen LogP contribution < -0.4 is 15.8 Å². The van der Waals surface area contributed by atoms with Crippen LogP contribution in [0.5, 0.6) is 5.75 Å². The van der Waals surface area contributed by atoms with E-state index in [1.807, 2.05) is 10.6 Å². The van der Waals surface area contributed by atoms with Crippen LogP contribution in [0, 0.1) is 0 Å². The molecule has 11 heteroatoms. The number of methoxy groups -OCH3 is 1. The lowest BCUT2D eigenvalue weighted by molar-refractivity contribution is -0.141. The van der Waals surface area contributed by atoms with Gasteiger partial charge in [-0.05, 0) is 43.0 Å². The molecule has 1 aliphatic carbocycles. The summed E-state index contributed by atoms with van der Waals surface area (Å²) < 4.78 is 46.3. The van der Waals surface area contributed by atoms with Gasteiger partial charge in [0.05, 0.1) is 19.0 Å². The molecule has 180 valence electrons. The topological polar surface area (TPSA) is 108 Å². The number of carbonyl (C=O) groups is 1. The predicted octanol–water partition coefficient (Wildman–Crippen LogP) is 4.10. The number of amides is 1. The fourth-order valence-corrected chi connectivity index (χ4v) is 4.54. The van der Waals surface area contributed by atoms with Crippen molar-refractivity contribution in [1.82, 2.24) is 19.5 Å². The largest absolute Gasteiger partial charge is 0.496 e. The average Bonchev–Trinajstić information content (AvgIpc) is 3.41. The summed E-state index contributed by atoms with van der Waals surface area (Å²) in [6.07, 6.45) is 0.580. The van der Waals surface area contributed by atoms with E-state index in [4.69, 9.17) is 10.5 Å². The zero-order valence-electron chi connectivity index (χ0n) is 18.7. The molecule has 0 aliphatic heterocycles. The molecule has 0 unspecified atom stereocenters. The number of nitrogens with one attached hydrogen (secondary N) is 1. The van der Waals surface area contributed by atoms with E-state index in [0.717, 1.165) is 59.5 Å². The number of anilines is 2. The number of aryl methyl sites for hydroxylation is 1. The van der Waals surface area contributed by atoms with Gasteiger partial charge in [0.2, 0.25) is 5.91 Å². The summed E-state index contributed by atoms with van der Waals surface area (Å²) in [5, 5.41) is 2.49. The van der Waals surface area contributed by atoms with E-state index >= 15 is 0 Å². The molecule has 3 heterocycles. The van der Waals surface area contributed by atoms with Gasteiger partial charge in [-0.1, -0.05) is 6.07 Å². The van der Waals surface area contributed by atoms with Crippen LogP contribution in [-0.4, -0.2) is 32.5 Å². The van der Waals surface area contributed by atoms with Crippen LogP contribution in [0.2, 0.25) is 0 Å². The number of ether oxygens (including phenoxy) is 1. The van der Waals surface area contributed by atoms with Gasteiger partial charge < -0.3 is 20.4 Å². The number of nitrogens with two attached hydrogens (primary N) is 1. The second-order valence-corrected chi connectivity index (χ2v) is 8.22. The Balaban J connectivity index is 1.44. The summed E-state index contributed by atoms with van der Waals surface area (Å²) in [4.78, 5) is 24.5. The number of nitrogen functional groups attached to an aromatic ring is 1. The summed E-state index contributed by atoms with van der Waals surface area (Å²) in [5.74, 6) is 0.357. The average molecular weight is 482 g/mol. The first kappa shape index (κ1) is 22.6. The molecule has 1 amide bonds. The van der Waals surface area contributed by atoms with Gasteiger partial charge in [-0.3, -0.25) is 9.78 Å². The summed E-state index contributed by atoms with van der Waals surface area (Å²) in [7, 11) is 1.49. The van der Waals surface area contributed by atoms with Gasteiger partial charge in [0.25, 0.3) is 0 Å². The Hall–Kier alpha value is -4.15. The number of nitrogens with zero attached hydrogens (tertiary/aromatic N) is 4. The quantitative estimate of drug-likeness (QED) is 0.444. The van der Waals surface area contributed by atoms with Crippen molar-refractivity contribution in [3.05, 3.63) is 65.4 Å². The number of hydrogen-bond donors (Lipinski definition) is 2. The van der Waals surface area contributed by atoms with Crippen molar-refractivity contribution < 1.29 is 22.7 Å². The number of halogens is 3. The van der Waals surface area contributed by atoms with Gasteiger partial charge in [0.1, 0.15) is 23.3 Å². The maximum absolute atomic E-state index is 12.9. The minimum Gasteiger partial charge on any atom is -0.496 e. The Labute approximate surface area is 198 Å². The van der Waals surface area contributed by atoms with Gasteiger partial charge in [0.15, 0.2) is 5.82 Å². The van der Waals surface area contributed by atoms with E-state index in [2.05, 4.69) is 20.3 Å². The van der Waals surface area contributed by atoms with Crippen molar-refractivity contribution >= 4 is 28.4 Å². The normalized spacial score (nSPS) is 13.1. The van der Waals surface area contributed by atoms with Gasteiger partial charge in [-0.15, -0.1) is 0 Å². The van der Waals surface area contributed by atoms with Crippen LogP contribution in [0.1, 0.15) is 28.9 Å².